The summed E-state index contributed by atoms with van der Waals surface area (Å²) in [5.74, 6) is -5.23. The van der Waals surface area contributed by atoms with E-state index in [9.17, 15) is 18.0 Å². The molecule has 134 valence electrons. The summed E-state index contributed by atoms with van der Waals surface area (Å²) in [6.07, 6.45) is 1.23. The van der Waals surface area contributed by atoms with Gasteiger partial charge in [0, 0.05) is 6.20 Å². The van der Waals surface area contributed by atoms with Crippen molar-refractivity contribution >= 4 is 23.2 Å². The maximum Gasteiger partial charge on any atom is 0.274 e. The largest absolute Gasteiger partial charge is 0.322 e. The average Bonchev–Trinajstić information content (AvgIpc) is 2.69. The summed E-state index contributed by atoms with van der Waals surface area (Å²) in [5, 5.41) is 14.0. The van der Waals surface area contributed by atoms with Gasteiger partial charge in [-0.2, -0.15) is 5.26 Å². The van der Waals surface area contributed by atoms with Crippen molar-refractivity contribution in [2.45, 2.75) is 0 Å². The van der Waals surface area contributed by atoms with Crippen LogP contribution in [0.1, 0.15) is 16.1 Å². The maximum atomic E-state index is 13.7. The molecular formula is C18H10F3N5O. The van der Waals surface area contributed by atoms with Crippen molar-refractivity contribution in [3.8, 4) is 6.07 Å². The summed E-state index contributed by atoms with van der Waals surface area (Å²) in [6.45, 7) is 0. The zero-order chi connectivity index (χ0) is 19.4. The summed E-state index contributed by atoms with van der Waals surface area (Å²) < 4.78 is 40.0. The molecule has 0 aliphatic carbocycles. The Balaban J connectivity index is 1.82. The standard InChI is InChI=1S/C18H10F3N5O/c19-11-5-6-13(16(21)15(11)20)25-18-23-8-7-14(26-18)17(27)24-12-4-2-1-3-10(12)9-22/h1-8H,(H,24,27)(H,23,25,26). The molecule has 0 bridgehead atoms. The highest BCUT2D eigenvalue weighted by Crippen LogP contribution is 2.22. The van der Waals surface area contributed by atoms with Gasteiger partial charge in [0.2, 0.25) is 5.95 Å². The van der Waals surface area contributed by atoms with Gasteiger partial charge in [0.15, 0.2) is 17.5 Å². The van der Waals surface area contributed by atoms with Crippen LogP contribution in [0.2, 0.25) is 0 Å². The van der Waals surface area contributed by atoms with E-state index in [1.807, 2.05) is 6.07 Å². The van der Waals surface area contributed by atoms with Crippen LogP contribution in [-0.4, -0.2) is 15.9 Å². The number of nitriles is 1. The van der Waals surface area contributed by atoms with Crippen LogP contribution in [0.15, 0.2) is 48.7 Å². The summed E-state index contributed by atoms with van der Waals surface area (Å²) in [6, 6.07) is 11.4. The Morgan fingerprint density at radius 1 is 1.00 bits per heavy atom. The molecule has 0 spiro atoms. The third-order valence-electron chi connectivity index (χ3n) is 3.47. The summed E-state index contributed by atoms with van der Waals surface area (Å²) in [4.78, 5) is 20.1. The first-order chi connectivity index (χ1) is 13.0. The van der Waals surface area contributed by atoms with Crippen molar-refractivity contribution in [2.75, 3.05) is 10.6 Å². The molecule has 1 aromatic heterocycles. The van der Waals surface area contributed by atoms with Gasteiger partial charge in [-0.3, -0.25) is 4.79 Å². The Hall–Kier alpha value is -3.93. The number of hydrogen-bond donors (Lipinski definition) is 2. The number of halogens is 3. The molecule has 2 N–H and O–H groups in total. The van der Waals surface area contributed by atoms with Crippen molar-refractivity contribution in [1.82, 2.24) is 9.97 Å². The zero-order valence-electron chi connectivity index (χ0n) is 13.5. The molecule has 0 fully saturated rings. The fourth-order valence-corrected chi connectivity index (χ4v) is 2.16. The lowest BCUT2D eigenvalue weighted by Crippen LogP contribution is -2.15. The number of hydrogen-bond acceptors (Lipinski definition) is 5. The Morgan fingerprint density at radius 2 is 1.78 bits per heavy atom. The quantitative estimate of drug-likeness (QED) is 0.684. The van der Waals surface area contributed by atoms with Gasteiger partial charge in [0.25, 0.3) is 5.91 Å². The van der Waals surface area contributed by atoms with Crippen LogP contribution >= 0.6 is 0 Å². The van der Waals surface area contributed by atoms with E-state index in [0.29, 0.717) is 5.69 Å². The van der Waals surface area contributed by atoms with Crippen molar-refractivity contribution in [3.05, 3.63) is 77.4 Å². The smallest absolute Gasteiger partial charge is 0.274 e. The van der Waals surface area contributed by atoms with Gasteiger partial charge in [-0.25, -0.2) is 23.1 Å². The first kappa shape index (κ1) is 17.9. The highest BCUT2D eigenvalue weighted by Gasteiger charge is 2.15. The molecule has 0 unspecified atom stereocenters. The monoisotopic (exact) mass is 369 g/mol. The predicted octanol–water partition coefficient (Wildman–Crippen LogP) is 3.76. The lowest BCUT2D eigenvalue weighted by Gasteiger charge is -2.09. The van der Waals surface area contributed by atoms with Gasteiger partial charge in [0.1, 0.15) is 11.8 Å². The van der Waals surface area contributed by atoms with Crippen LogP contribution in [0, 0.1) is 28.8 Å². The van der Waals surface area contributed by atoms with Crippen LogP contribution in [0.25, 0.3) is 0 Å². The second-order valence-corrected chi connectivity index (χ2v) is 5.22. The molecule has 0 aliphatic rings. The minimum atomic E-state index is -1.64. The van der Waals surface area contributed by atoms with E-state index in [0.717, 1.165) is 12.1 Å². The lowest BCUT2D eigenvalue weighted by molar-refractivity contribution is 0.102. The number of rotatable bonds is 4. The third-order valence-corrected chi connectivity index (χ3v) is 3.47. The molecule has 0 saturated carbocycles. The van der Waals surface area contributed by atoms with E-state index >= 15 is 0 Å². The number of carbonyl (C=O) groups excluding carboxylic acids is 1. The Labute approximate surface area is 151 Å². The Kier molecular flexibility index (Phi) is 4.99. The van der Waals surface area contributed by atoms with Crippen molar-refractivity contribution in [1.29, 1.82) is 5.26 Å². The van der Waals surface area contributed by atoms with Crippen molar-refractivity contribution in [3.63, 3.8) is 0 Å². The highest BCUT2D eigenvalue weighted by molar-refractivity contribution is 6.03. The van der Waals surface area contributed by atoms with Gasteiger partial charge in [-0.05, 0) is 30.3 Å². The molecular weight excluding hydrogens is 359 g/mol. The third kappa shape index (κ3) is 3.85. The number of nitrogens with zero attached hydrogens (tertiary/aromatic N) is 3. The average molecular weight is 369 g/mol. The topological polar surface area (TPSA) is 90.7 Å². The number of aromatic nitrogens is 2. The van der Waals surface area contributed by atoms with Gasteiger partial charge in [-0.1, -0.05) is 12.1 Å². The molecule has 6 nitrogen and oxygen atoms in total. The zero-order valence-corrected chi connectivity index (χ0v) is 13.5. The number of carbonyl (C=O) groups is 1. The van der Waals surface area contributed by atoms with Crippen LogP contribution in [0.4, 0.5) is 30.5 Å². The van der Waals surface area contributed by atoms with E-state index in [-0.39, 0.29) is 22.9 Å². The summed E-state index contributed by atoms with van der Waals surface area (Å²) in [5.41, 5.74) is 0.0939. The van der Waals surface area contributed by atoms with Crippen LogP contribution in [-0.2, 0) is 0 Å². The van der Waals surface area contributed by atoms with Gasteiger partial charge >= 0.3 is 0 Å². The number of nitrogens with one attached hydrogen (secondary N) is 2. The molecule has 1 amide bonds. The number of anilines is 3. The van der Waals surface area contributed by atoms with Crippen molar-refractivity contribution < 1.29 is 18.0 Å². The lowest BCUT2D eigenvalue weighted by atomic mass is 10.2. The van der Waals surface area contributed by atoms with Crippen LogP contribution < -0.4 is 10.6 Å². The molecule has 0 atom stereocenters. The Bertz CT molecular complexity index is 1070. The van der Waals surface area contributed by atoms with Gasteiger partial charge < -0.3 is 10.6 Å². The summed E-state index contributed by atoms with van der Waals surface area (Å²) >= 11 is 0. The van der Waals surface area contributed by atoms with Crippen LogP contribution in [0.3, 0.4) is 0 Å². The minimum Gasteiger partial charge on any atom is -0.322 e. The first-order valence-electron chi connectivity index (χ1n) is 7.53. The second kappa shape index (κ2) is 7.53. The van der Waals surface area contributed by atoms with E-state index in [4.69, 9.17) is 5.26 Å². The fourth-order valence-electron chi connectivity index (χ4n) is 2.16. The molecule has 0 radical (unpaired) electrons. The van der Waals surface area contributed by atoms with Crippen molar-refractivity contribution in [2.24, 2.45) is 0 Å². The molecule has 2 aromatic carbocycles. The first-order valence-corrected chi connectivity index (χ1v) is 7.53. The Morgan fingerprint density at radius 3 is 2.56 bits per heavy atom. The van der Waals surface area contributed by atoms with Gasteiger partial charge in [0.05, 0.1) is 16.9 Å². The molecule has 27 heavy (non-hydrogen) atoms. The molecule has 1 heterocycles. The molecule has 3 rings (SSSR count). The predicted molar refractivity (Wildman–Crippen MR) is 90.7 cm³/mol. The van der Waals surface area contributed by atoms with E-state index < -0.39 is 23.4 Å². The normalized spacial score (nSPS) is 10.1. The van der Waals surface area contributed by atoms with E-state index in [1.54, 1.807) is 18.2 Å². The molecule has 9 heteroatoms. The fraction of sp³-hybridized carbons (Fsp3) is 0. The molecule has 0 aliphatic heterocycles. The number of amides is 1. The number of para-hydroxylation sites is 1. The molecule has 3 aromatic rings. The highest BCUT2D eigenvalue weighted by atomic mass is 19.2. The second-order valence-electron chi connectivity index (χ2n) is 5.22. The minimum absolute atomic E-state index is 0.0803. The van der Waals surface area contributed by atoms with E-state index in [2.05, 4.69) is 20.6 Å². The maximum absolute atomic E-state index is 13.7. The van der Waals surface area contributed by atoms with Gasteiger partial charge in [-0.15, -0.1) is 0 Å². The number of benzene rings is 2. The van der Waals surface area contributed by atoms with E-state index in [1.165, 1.54) is 18.3 Å². The summed E-state index contributed by atoms with van der Waals surface area (Å²) in [7, 11) is 0. The van der Waals surface area contributed by atoms with Crippen LogP contribution in [0.5, 0.6) is 0 Å². The molecule has 0 saturated heterocycles. The SMILES string of the molecule is N#Cc1ccccc1NC(=O)c1ccnc(Nc2ccc(F)c(F)c2F)n1.